The second-order valence-electron chi connectivity index (χ2n) is 7.99. The molecule has 0 spiro atoms. The van der Waals surface area contributed by atoms with Crippen molar-refractivity contribution in [2.45, 2.75) is 26.4 Å². The number of benzene rings is 1. The fourth-order valence-electron chi connectivity index (χ4n) is 3.59. The summed E-state index contributed by atoms with van der Waals surface area (Å²) < 4.78 is 11.1. The van der Waals surface area contributed by atoms with Crippen LogP contribution in [0.3, 0.4) is 0 Å². The summed E-state index contributed by atoms with van der Waals surface area (Å²) in [5.74, 6) is -0.155. The standard InChI is InChI=1S/C25H24N2O5/c1-16(2)15-32-18-10-8-17(9-11-18)23(28)21-22(20-7-3-4-12-26-20)27(25(30)24(21)29)14-19-6-5-13-31-19/h3-13,16,22,28H,14-15H2,1-2H3/b23-21-. The van der Waals surface area contributed by atoms with Gasteiger partial charge in [0.05, 0.1) is 30.7 Å². The van der Waals surface area contributed by atoms with Gasteiger partial charge in [0.2, 0.25) is 0 Å². The first-order valence-corrected chi connectivity index (χ1v) is 10.4. The number of hydrogen-bond acceptors (Lipinski definition) is 6. The number of rotatable bonds is 7. The van der Waals surface area contributed by atoms with Crippen LogP contribution in [0.2, 0.25) is 0 Å². The fraction of sp³-hybridized carbons (Fsp3) is 0.240. The van der Waals surface area contributed by atoms with Crippen LogP contribution >= 0.6 is 0 Å². The van der Waals surface area contributed by atoms with Crippen LogP contribution in [0.1, 0.15) is 36.9 Å². The molecule has 1 N–H and O–H groups in total. The number of likely N-dealkylation sites (tertiary alicyclic amines) is 1. The molecule has 4 rings (SSSR count). The van der Waals surface area contributed by atoms with Crippen molar-refractivity contribution in [3.63, 3.8) is 0 Å². The number of ether oxygens (including phenoxy) is 1. The first-order chi connectivity index (χ1) is 15.5. The molecule has 1 saturated heterocycles. The Balaban J connectivity index is 1.73. The van der Waals surface area contributed by atoms with Gasteiger partial charge in [-0.25, -0.2) is 0 Å². The molecule has 1 amide bonds. The minimum Gasteiger partial charge on any atom is -0.507 e. The lowest BCUT2D eigenvalue weighted by Crippen LogP contribution is -2.29. The van der Waals surface area contributed by atoms with Crippen molar-refractivity contribution >= 4 is 17.4 Å². The Morgan fingerprint density at radius 2 is 1.91 bits per heavy atom. The highest BCUT2D eigenvalue weighted by Crippen LogP contribution is 2.39. The summed E-state index contributed by atoms with van der Waals surface area (Å²) in [4.78, 5) is 31.6. The maximum absolute atomic E-state index is 13.0. The smallest absolute Gasteiger partial charge is 0.296 e. The third-order valence-corrected chi connectivity index (χ3v) is 5.13. The molecular formula is C25H24N2O5. The monoisotopic (exact) mass is 432 g/mol. The maximum Gasteiger partial charge on any atom is 0.296 e. The van der Waals surface area contributed by atoms with Crippen molar-refractivity contribution < 1.29 is 23.8 Å². The van der Waals surface area contributed by atoms with Crippen molar-refractivity contribution in [3.8, 4) is 5.75 Å². The molecule has 1 aliphatic rings. The Labute approximate surface area is 186 Å². The topological polar surface area (TPSA) is 92.9 Å². The highest BCUT2D eigenvalue weighted by molar-refractivity contribution is 6.46. The van der Waals surface area contributed by atoms with Crippen LogP contribution in [0, 0.1) is 5.92 Å². The van der Waals surface area contributed by atoms with E-state index in [0.29, 0.717) is 35.3 Å². The van der Waals surface area contributed by atoms with Crippen LogP contribution in [-0.4, -0.2) is 33.3 Å². The Morgan fingerprint density at radius 3 is 2.53 bits per heavy atom. The minimum atomic E-state index is -0.835. The average Bonchev–Trinajstić information content (AvgIpc) is 3.40. The summed E-state index contributed by atoms with van der Waals surface area (Å²) in [6.07, 6.45) is 3.09. The SMILES string of the molecule is CC(C)COc1ccc(/C(O)=C2/C(=O)C(=O)N(Cc3ccco3)C2c2ccccn2)cc1. The quantitative estimate of drug-likeness (QED) is 0.339. The Morgan fingerprint density at radius 1 is 1.12 bits per heavy atom. The molecule has 3 heterocycles. The number of aromatic nitrogens is 1. The Bertz CT molecular complexity index is 1120. The van der Waals surface area contributed by atoms with Crippen LogP contribution in [-0.2, 0) is 16.1 Å². The zero-order chi connectivity index (χ0) is 22.7. The number of furan rings is 1. The second-order valence-corrected chi connectivity index (χ2v) is 7.99. The van der Waals surface area contributed by atoms with Crippen molar-refractivity contribution in [2.24, 2.45) is 5.92 Å². The number of amides is 1. The zero-order valence-corrected chi connectivity index (χ0v) is 17.9. The molecular weight excluding hydrogens is 408 g/mol. The predicted octanol–water partition coefficient (Wildman–Crippen LogP) is 4.33. The van der Waals surface area contributed by atoms with E-state index in [1.54, 1.807) is 60.8 Å². The fourth-order valence-corrected chi connectivity index (χ4v) is 3.59. The normalized spacial score (nSPS) is 17.8. The molecule has 0 bridgehead atoms. The average molecular weight is 432 g/mol. The molecule has 7 heteroatoms. The van der Waals surface area contributed by atoms with E-state index >= 15 is 0 Å². The van der Waals surface area contributed by atoms with Gasteiger partial charge in [-0.3, -0.25) is 14.6 Å². The predicted molar refractivity (Wildman–Crippen MR) is 118 cm³/mol. The highest BCUT2D eigenvalue weighted by atomic mass is 16.5. The van der Waals surface area contributed by atoms with Crippen LogP contribution in [0.5, 0.6) is 5.75 Å². The summed E-state index contributed by atoms with van der Waals surface area (Å²) in [6, 6.07) is 14.6. The number of carbonyl (C=O) groups excluding carboxylic acids is 2. The number of Topliss-reactive ketones (excluding diaryl/α,β-unsaturated/α-hetero) is 1. The molecule has 7 nitrogen and oxygen atoms in total. The molecule has 1 atom stereocenters. The summed E-state index contributed by atoms with van der Waals surface area (Å²) in [5.41, 5.74) is 0.895. The highest BCUT2D eigenvalue weighted by Gasteiger charge is 2.47. The van der Waals surface area contributed by atoms with Crippen molar-refractivity contribution in [1.82, 2.24) is 9.88 Å². The number of aliphatic hydroxyl groups is 1. The van der Waals surface area contributed by atoms with Crippen LogP contribution in [0.25, 0.3) is 5.76 Å². The molecule has 1 fully saturated rings. The van der Waals surface area contributed by atoms with Gasteiger partial charge >= 0.3 is 0 Å². The summed E-state index contributed by atoms with van der Waals surface area (Å²) in [6.45, 7) is 4.76. The lowest BCUT2D eigenvalue weighted by atomic mass is 9.98. The summed E-state index contributed by atoms with van der Waals surface area (Å²) in [5, 5.41) is 11.1. The van der Waals surface area contributed by atoms with Gasteiger partial charge < -0.3 is 19.2 Å². The van der Waals surface area contributed by atoms with Gasteiger partial charge in [-0.1, -0.05) is 19.9 Å². The van der Waals surface area contributed by atoms with Crippen LogP contribution in [0.15, 0.2) is 77.0 Å². The van der Waals surface area contributed by atoms with Gasteiger partial charge in [0.25, 0.3) is 11.7 Å². The number of nitrogens with zero attached hydrogens (tertiary/aromatic N) is 2. The summed E-state index contributed by atoms with van der Waals surface area (Å²) in [7, 11) is 0. The molecule has 32 heavy (non-hydrogen) atoms. The molecule has 0 radical (unpaired) electrons. The van der Waals surface area contributed by atoms with E-state index in [2.05, 4.69) is 18.8 Å². The third-order valence-electron chi connectivity index (χ3n) is 5.13. The van der Waals surface area contributed by atoms with Crippen molar-refractivity contribution in [1.29, 1.82) is 0 Å². The molecule has 1 aromatic carbocycles. The van der Waals surface area contributed by atoms with Crippen LogP contribution < -0.4 is 4.74 Å². The van der Waals surface area contributed by atoms with E-state index < -0.39 is 17.7 Å². The number of aliphatic hydroxyl groups excluding tert-OH is 1. The zero-order valence-electron chi connectivity index (χ0n) is 17.9. The number of pyridine rings is 1. The Kier molecular flexibility index (Phi) is 6.07. The van der Waals surface area contributed by atoms with Gasteiger partial charge in [0.1, 0.15) is 23.3 Å². The first kappa shape index (κ1) is 21.4. The molecule has 2 aromatic heterocycles. The first-order valence-electron chi connectivity index (χ1n) is 10.4. The number of hydrogen-bond donors (Lipinski definition) is 1. The third kappa shape index (κ3) is 4.27. The maximum atomic E-state index is 13.0. The lowest BCUT2D eigenvalue weighted by Gasteiger charge is -2.23. The van der Waals surface area contributed by atoms with E-state index in [4.69, 9.17) is 9.15 Å². The number of ketones is 1. The van der Waals surface area contributed by atoms with Gasteiger partial charge in [-0.05, 0) is 54.4 Å². The molecule has 0 saturated carbocycles. The largest absolute Gasteiger partial charge is 0.507 e. The minimum absolute atomic E-state index is 0.00361. The van der Waals surface area contributed by atoms with E-state index in [1.807, 2.05) is 0 Å². The van der Waals surface area contributed by atoms with Crippen LogP contribution in [0.4, 0.5) is 0 Å². The van der Waals surface area contributed by atoms with E-state index in [1.165, 1.54) is 11.2 Å². The molecule has 0 aliphatic carbocycles. The molecule has 164 valence electrons. The Hall–Kier alpha value is -3.87. The van der Waals surface area contributed by atoms with Crippen molar-refractivity contribution in [3.05, 3.63) is 89.6 Å². The van der Waals surface area contributed by atoms with Gasteiger partial charge in [0, 0.05) is 11.8 Å². The van der Waals surface area contributed by atoms with E-state index in [0.717, 1.165) is 0 Å². The van der Waals surface area contributed by atoms with Crippen molar-refractivity contribution in [2.75, 3.05) is 6.61 Å². The number of carbonyl (C=O) groups is 2. The molecule has 1 unspecified atom stereocenters. The van der Waals surface area contributed by atoms with Gasteiger partial charge in [0.15, 0.2) is 0 Å². The second kappa shape index (κ2) is 9.09. The van der Waals surface area contributed by atoms with Gasteiger partial charge in [-0.15, -0.1) is 0 Å². The summed E-state index contributed by atoms with van der Waals surface area (Å²) >= 11 is 0. The van der Waals surface area contributed by atoms with E-state index in [-0.39, 0.29) is 17.9 Å². The molecule has 1 aliphatic heterocycles. The van der Waals surface area contributed by atoms with Gasteiger partial charge in [-0.2, -0.15) is 0 Å². The lowest BCUT2D eigenvalue weighted by molar-refractivity contribution is -0.140. The molecule has 3 aromatic rings. The van der Waals surface area contributed by atoms with E-state index in [9.17, 15) is 14.7 Å².